The Kier molecular flexibility index (Phi) is 29.2. The van der Waals surface area contributed by atoms with E-state index in [2.05, 4.69) is 0 Å². The Morgan fingerprint density at radius 2 is 1.31 bits per heavy atom. The minimum atomic E-state index is -0.530. The first kappa shape index (κ1) is 19.9. The number of ketones is 1. The molecule has 0 aliphatic rings. The van der Waals surface area contributed by atoms with E-state index in [1.54, 1.807) is 0 Å². The number of halogens is 6. The van der Waals surface area contributed by atoms with Gasteiger partial charge in [0.2, 0.25) is 0 Å². The van der Waals surface area contributed by atoms with Gasteiger partial charge in [0.15, 0.2) is 0 Å². The molecular formula is C6H10Cl6O. The number of Topliss-reactive ketones (excluding diaryl/α,β-unsaturated/α-hetero) is 1. The van der Waals surface area contributed by atoms with Crippen LogP contribution in [0, 0.1) is 0 Å². The van der Waals surface area contributed by atoms with Crippen LogP contribution in [0.5, 0.6) is 0 Å². The standard InChI is InChI=1S/C4H6Cl2O.2CH2Cl2/c1-3(7)2-4(5)6;2*2-1-3/h4H,2H2,1H3;2*1H2. The second-order valence-electron chi connectivity index (χ2n) is 1.50. The molecule has 82 valence electrons. The van der Waals surface area contributed by atoms with Gasteiger partial charge in [-0.2, -0.15) is 0 Å². The highest BCUT2D eigenvalue weighted by Crippen LogP contribution is 2.05. The topological polar surface area (TPSA) is 17.1 Å². The predicted octanol–water partition coefficient (Wildman–Crippen LogP) is 4.61. The maximum atomic E-state index is 10.1. The van der Waals surface area contributed by atoms with Crippen LogP contribution in [0.15, 0.2) is 0 Å². The summed E-state index contributed by atoms with van der Waals surface area (Å²) in [5, 5.41) is 0.389. The van der Waals surface area contributed by atoms with Gasteiger partial charge in [-0.3, -0.25) is 4.79 Å². The van der Waals surface area contributed by atoms with Crippen molar-refractivity contribution in [1.82, 2.24) is 0 Å². The SMILES string of the molecule is CC(=O)CC(Cl)Cl.ClCCl.ClCCl. The number of carbonyl (C=O) groups is 1. The minimum Gasteiger partial charge on any atom is -0.300 e. The Labute approximate surface area is 109 Å². The zero-order valence-electron chi connectivity index (χ0n) is 6.87. The van der Waals surface area contributed by atoms with Gasteiger partial charge in [-0.15, -0.1) is 69.6 Å². The molecule has 0 aromatic rings. The molecule has 0 aliphatic carbocycles. The number of hydrogen-bond donors (Lipinski definition) is 0. The molecule has 0 aliphatic heterocycles. The van der Waals surface area contributed by atoms with Gasteiger partial charge in [-0.25, -0.2) is 0 Å². The molecule has 0 aromatic heterocycles. The van der Waals surface area contributed by atoms with E-state index in [-0.39, 0.29) is 22.9 Å². The third-order valence-electron chi connectivity index (χ3n) is 0.442. The highest BCUT2D eigenvalue weighted by atomic mass is 35.5. The lowest BCUT2D eigenvalue weighted by molar-refractivity contribution is -0.116. The van der Waals surface area contributed by atoms with Crippen LogP contribution in [0.3, 0.4) is 0 Å². The number of hydrogen-bond acceptors (Lipinski definition) is 1. The van der Waals surface area contributed by atoms with Crippen molar-refractivity contribution in [3.8, 4) is 0 Å². The van der Waals surface area contributed by atoms with Crippen molar-refractivity contribution in [2.75, 3.05) is 10.7 Å². The lowest BCUT2D eigenvalue weighted by Gasteiger charge is -1.90. The first-order valence-electron chi connectivity index (χ1n) is 2.97. The summed E-state index contributed by atoms with van der Waals surface area (Å²) >= 11 is 29.5. The van der Waals surface area contributed by atoms with Gasteiger partial charge in [0, 0.05) is 6.42 Å². The molecule has 0 atom stereocenters. The Morgan fingerprint density at radius 1 is 1.08 bits per heavy atom. The van der Waals surface area contributed by atoms with Crippen LogP contribution in [0.2, 0.25) is 0 Å². The third-order valence-corrected chi connectivity index (χ3v) is 0.750. The van der Waals surface area contributed by atoms with Gasteiger partial charge in [0.1, 0.15) is 10.6 Å². The van der Waals surface area contributed by atoms with Gasteiger partial charge in [-0.1, -0.05) is 0 Å². The maximum Gasteiger partial charge on any atom is 0.132 e. The van der Waals surface area contributed by atoms with Gasteiger partial charge >= 0.3 is 0 Å². The Bertz CT molecular complexity index is 95.1. The Balaban J connectivity index is -0.000000140. The lowest BCUT2D eigenvalue weighted by Crippen LogP contribution is -1.95. The molecule has 0 bridgehead atoms. The predicted molar refractivity (Wildman–Crippen MR) is 63.9 cm³/mol. The quantitative estimate of drug-likeness (QED) is 0.681. The monoisotopic (exact) mass is 308 g/mol. The number of rotatable bonds is 2. The van der Waals surface area contributed by atoms with E-state index in [1.165, 1.54) is 6.92 Å². The summed E-state index contributed by atoms with van der Waals surface area (Å²) in [6, 6.07) is 0. The summed E-state index contributed by atoms with van der Waals surface area (Å²) in [6.45, 7) is 1.46. The molecule has 0 saturated carbocycles. The van der Waals surface area contributed by atoms with Crippen LogP contribution in [0.25, 0.3) is 0 Å². The molecule has 0 rings (SSSR count). The first-order valence-corrected chi connectivity index (χ1v) is 5.98. The van der Waals surface area contributed by atoms with E-state index in [1.807, 2.05) is 0 Å². The molecule has 0 amide bonds. The summed E-state index contributed by atoms with van der Waals surface area (Å²) in [7, 11) is 0. The molecule has 13 heavy (non-hydrogen) atoms. The minimum absolute atomic E-state index is 0.0231. The van der Waals surface area contributed by atoms with Gasteiger partial charge in [-0.05, 0) is 6.92 Å². The Hall–Kier alpha value is 1.41. The van der Waals surface area contributed by atoms with Crippen LogP contribution in [0.4, 0.5) is 0 Å². The molecule has 1 nitrogen and oxygen atoms in total. The van der Waals surface area contributed by atoms with E-state index in [0.29, 0.717) is 0 Å². The molecule has 0 spiro atoms. The molecule has 0 N–H and O–H groups in total. The van der Waals surface area contributed by atoms with Crippen LogP contribution in [-0.2, 0) is 4.79 Å². The maximum absolute atomic E-state index is 10.1. The van der Waals surface area contributed by atoms with Crippen LogP contribution in [0.1, 0.15) is 13.3 Å². The van der Waals surface area contributed by atoms with E-state index < -0.39 is 4.84 Å². The van der Waals surface area contributed by atoms with Crippen molar-refractivity contribution in [3.05, 3.63) is 0 Å². The highest BCUT2D eigenvalue weighted by molar-refractivity contribution is 6.45. The van der Waals surface area contributed by atoms with Crippen molar-refractivity contribution in [2.24, 2.45) is 0 Å². The summed E-state index contributed by atoms with van der Waals surface area (Å²) in [6.07, 6.45) is 0.253. The second-order valence-corrected chi connectivity index (χ2v) is 4.39. The van der Waals surface area contributed by atoms with Crippen LogP contribution < -0.4 is 0 Å². The summed E-state index contributed by atoms with van der Waals surface area (Å²) in [4.78, 5) is 9.56. The van der Waals surface area contributed by atoms with E-state index in [4.69, 9.17) is 69.6 Å². The molecule has 0 unspecified atom stereocenters. The molecule has 7 heteroatoms. The largest absolute Gasteiger partial charge is 0.300 e. The summed E-state index contributed by atoms with van der Waals surface area (Å²) in [5.74, 6) is 0.0231. The zero-order valence-corrected chi connectivity index (χ0v) is 11.4. The van der Waals surface area contributed by atoms with Crippen molar-refractivity contribution >= 4 is 75.4 Å². The molecular weight excluding hydrogens is 301 g/mol. The molecule has 0 radical (unpaired) electrons. The summed E-state index contributed by atoms with van der Waals surface area (Å²) < 4.78 is 0. The Morgan fingerprint density at radius 3 is 1.31 bits per heavy atom. The van der Waals surface area contributed by atoms with Crippen molar-refractivity contribution in [2.45, 2.75) is 18.2 Å². The van der Waals surface area contributed by atoms with E-state index >= 15 is 0 Å². The average molecular weight is 311 g/mol. The first-order chi connectivity index (χ1) is 5.95. The number of alkyl halides is 6. The van der Waals surface area contributed by atoms with Crippen LogP contribution in [-0.4, -0.2) is 21.3 Å². The third kappa shape index (κ3) is 59.6. The fraction of sp³-hybridized carbons (Fsp3) is 0.833. The lowest BCUT2D eigenvalue weighted by atomic mass is 10.4. The van der Waals surface area contributed by atoms with Gasteiger partial charge < -0.3 is 0 Å². The fourth-order valence-electron chi connectivity index (χ4n) is 0.217. The van der Waals surface area contributed by atoms with Crippen molar-refractivity contribution < 1.29 is 4.79 Å². The molecule has 0 aromatic carbocycles. The molecule has 0 saturated heterocycles. The summed E-state index contributed by atoms with van der Waals surface area (Å²) in [5.41, 5.74) is 0. The normalized spacial score (nSPS) is 8.00. The number of carbonyl (C=O) groups excluding carboxylic acids is 1. The fourth-order valence-corrected chi connectivity index (χ4v) is 0.652. The van der Waals surface area contributed by atoms with Gasteiger partial charge in [0.25, 0.3) is 0 Å². The smallest absolute Gasteiger partial charge is 0.132 e. The second kappa shape index (κ2) is 19.1. The average Bonchev–Trinajstić information content (AvgIpc) is 1.86. The van der Waals surface area contributed by atoms with Crippen molar-refractivity contribution in [3.63, 3.8) is 0 Å². The van der Waals surface area contributed by atoms with Crippen molar-refractivity contribution in [1.29, 1.82) is 0 Å². The zero-order chi connectivity index (χ0) is 11.3. The van der Waals surface area contributed by atoms with E-state index in [9.17, 15) is 4.79 Å². The highest BCUT2D eigenvalue weighted by Gasteiger charge is 2.00. The van der Waals surface area contributed by atoms with E-state index in [0.717, 1.165) is 0 Å². The van der Waals surface area contributed by atoms with Gasteiger partial charge in [0.05, 0.1) is 10.7 Å². The molecule has 0 heterocycles. The van der Waals surface area contributed by atoms with Crippen LogP contribution >= 0.6 is 69.6 Å². The molecule has 0 fully saturated rings.